The van der Waals surface area contributed by atoms with Gasteiger partial charge in [-0.05, 0) is 26.0 Å². The molecule has 0 saturated carbocycles. The number of rotatable bonds is 2. The van der Waals surface area contributed by atoms with Crippen molar-refractivity contribution < 1.29 is 9.53 Å². The van der Waals surface area contributed by atoms with Crippen molar-refractivity contribution >= 4 is 5.97 Å². The highest BCUT2D eigenvalue weighted by atomic mass is 16.5. The number of pyridine rings is 1. The number of carbonyl (C=O) groups excluding carboxylic acids is 1. The van der Waals surface area contributed by atoms with Crippen molar-refractivity contribution in [1.82, 2.24) is 4.98 Å². The van der Waals surface area contributed by atoms with E-state index in [9.17, 15) is 4.79 Å². The minimum absolute atomic E-state index is 0.292. The summed E-state index contributed by atoms with van der Waals surface area (Å²) in [5.74, 6) is -0.292. The third kappa shape index (κ3) is 1.86. The number of methoxy groups -OCH3 is 1. The van der Waals surface area contributed by atoms with Gasteiger partial charge in [-0.1, -0.05) is 6.07 Å². The first-order chi connectivity index (χ1) is 6.09. The lowest BCUT2D eigenvalue weighted by atomic mass is 9.89. The van der Waals surface area contributed by atoms with Gasteiger partial charge in [0.05, 0.1) is 19.0 Å². The number of carbonyl (C=O) groups is 1. The molecule has 0 unspecified atom stereocenters. The van der Waals surface area contributed by atoms with Crippen LogP contribution in [0.2, 0.25) is 0 Å². The van der Waals surface area contributed by atoms with Gasteiger partial charge in [-0.3, -0.25) is 9.78 Å². The second-order valence-electron chi connectivity index (χ2n) is 3.27. The Morgan fingerprint density at radius 1 is 1.62 bits per heavy atom. The van der Waals surface area contributed by atoms with Crippen molar-refractivity contribution in [2.45, 2.75) is 19.3 Å². The van der Waals surface area contributed by atoms with Crippen LogP contribution in [0.5, 0.6) is 0 Å². The first-order valence-electron chi connectivity index (χ1n) is 4.01. The van der Waals surface area contributed by atoms with Crippen LogP contribution in [-0.4, -0.2) is 18.1 Å². The highest BCUT2D eigenvalue weighted by Gasteiger charge is 2.31. The Hall–Kier alpha value is -1.38. The minimum Gasteiger partial charge on any atom is -0.468 e. The van der Waals surface area contributed by atoms with Crippen molar-refractivity contribution in [3.63, 3.8) is 0 Å². The first-order valence-corrected chi connectivity index (χ1v) is 4.01. The molecule has 0 aliphatic rings. The largest absolute Gasteiger partial charge is 0.468 e. The highest BCUT2D eigenvalue weighted by molar-refractivity contribution is 5.81. The van der Waals surface area contributed by atoms with Gasteiger partial charge < -0.3 is 4.74 Å². The number of hydrogen-bond acceptors (Lipinski definition) is 3. The molecule has 13 heavy (non-hydrogen) atoms. The van der Waals surface area contributed by atoms with Crippen LogP contribution in [0.3, 0.4) is 0 Å². The summed E-state index contributed by atoms with van der Waals surface area (Å²) >= 11 is 0. The molecule has 3 heteroatoms. The van der Waals surface area contributed by atoms with Gasteiger partial charge in [0, 0.05) is 0 Å². The van der Waals surface area contributed by atoms with E-state index in [0.717, 1.165) is 0 Å². The van der Waals surface area contributed by atoms with Crippen molar-refractivity contribution in [3.8, 4) is 0 Å². The summed E-state index contributed by atoms with van der Waals surface area (Å²) in [5, 5.41) is 0. The molecule has 1 radical (unpaired) electrons. The fraction of sp³-hybridized carbons (Fsp3) is 0.400. The van der Waals surface area contributed by atoms with E-state index in [2.05, 4.69) is 15.9 Å². The van der Waals surface area contributed by atoms with Crippen LogP contribution >= 0.6 is 0 Å². The van der Waals surface area contributed by atoms with Gasteiger partial charge >= 0.3 is 5.97 Å². The van der Waals surface area contributed by atoms with Gasteiger partial charge in [0.2, 0.25) is 0 Å². The maximum Gasteiger partial charge on any atom is 0.317 e. The van der Waals surface area contributed by atoms with Gasteiger partial charge in [0.1, 0.15) is 5.41 Å². The molecule has 1 aromatic heterocycles. The lowest BCUT2D eigenvalue weighted by Crippen LogP contribution is -2.31. The number of esters is 1. The van der Waals surface area contributed by atoms with E-state index < -0.39 is 5.41 Å². The van der Waals surface area contributed by atoms with E-state index in [1.165, 1.54) is 7.11 Å². The average Bonchev–Trinajstić information content (AvgIpc) is 2.18. The molecule has 0 bridgehead atoms. The number of nitrogens with zero attached hydrogens (tertiary/aromatic N) is 1. The standard InChI is InChI=1S/C10H12NO2/c1-10(2,9(12)13-3)8-6-4-5-7-11-8/h4-6H,1-3H3. The van der Waals surface area contributed by atoms with E-state index in [1.807, 2.05) is 0 Å². The summed E-state index contributed by atoms with van der Waals surface area (Å²) in [6, 6.07) is 5.28. The smallest absolute Gasteiger partial charge is 0.317 e. The summed E-state index contributed by atoms with van der Waals surface area (Å²) < 4.78 is 4.68. The molecular formula is C10H12NO2. The summed E-state index contributed by atoms with van der Waals surface area (Å²) in [7, 11) is 1.37. The molecule has 0 saturated heterocycles. The summed E-state index contributed by atoms with van der Waals surface area (Å²) in [4.78, 5) is 15.4. The quantitative estimate of drug-likeness (QED) is 0.641. The molecule has 1 aromatic rings. The highest BCUT2D eigenvalue weighted by Crippen LogP contribution is 2.21. The normalized spacial score (nSPS) is 11.0. The molecule has 0 spiro atoms. The number of hydrogen-bond donors (Lipinski definition) is 0. The predicted molar refractivity (Wildman–Crippen MR) is 48.1 cm³/mol. The van der Waals surface area contributed by atoms with Crippen molar-refractivity contribution in [2.75, 3.05) is 7.11 Å². The van der Waals surface area contributed by atoms with Crippen molar-refractivity contribution in [1.29, 1.82) is 0 Å². The Morgan fingerprint density at radius 3 is 2.77 bits per heavy atom. The maximum atomic E-state index is 11.4. The molecule has 3 nitrogen and oxygen atoms in total. The third-order valence-electron chi connectivity index (χ3n) is 1.95. The third-order valence-corrected chi connectivity index (χ3v) is 1.95. The summed E-state index contributed by atoms with van der Waals surface area (Å²) in [6.07, 6.45) is 2.69. The summed E-state index contributed by atoms with van der Waals surface area (Å²) in [6.45, 7) is 3.55. The fourth-order valence-electron chi connectivity index (χ4n) is 1.03. The van der Waals surface area contributed by atoms with Gasteiger partial charge in [-0.25, -0.2) is 0 Å². The Balaban J connectivity index is 3.00. The zero-order valence-corrected chi connectivity index (χ0v) is 8.00. The Bertz CT molecular complexity index is 293. The molecule has 0 aliphatic carbocycles. The molecule has 69 valence electrons. The lowest BCUT2D eigenvalue weighted by Gasteiger charge is -2.20. The minimum atomic E-state index is -0.702. The van der Waals surface area contributed by atoms with E-state index in [4.69, 9.17) is 0 Å². The van der Waals surface area contributed by atoms with Crippen LogP contribution in [-0.2, 0) is 14.9 Å². The van der Waals surface area contributed by atoms with Gasteiger partial charge in [-0.2, -0.15) is 0 Å². The molecule has 0 fully saturated rings. The van der Waals surface area contributed by atoms with E-state index in [0.29, 0.717) is 5.69 Å². The van der Waals surface area contributed by atoms with E-state index >= 15 is 0 Å². The monoisotopic (exact) mass is 178 g/mol. The van der Waals surface area contributed by atoms with Gasteiger partial charge in [-0.15, -0.1) is 0 Å². The maximum absolute atomic E-state index is 11.4. The number of ether oxygens (including phenoxy) is 1. The lowest BCUT2D eigenvalue weighted by molar-refractivity contribution is -0.146. The van der Waals surface area contributed by atoms with E-state index in [1.54, 1.807) is 32.0 Å². The molecule has 1 rings (SSSR count). The van der Waals surface area contributed by atoms with Crippen LogP contribution in [0.4, 0.5) is 0 Å². The molecule has 1 heterocycles. The zero-order chi connectivity index (χ0) is 9.90. The molecule has 0 atom stereocenters. The van der Waals surface area contributed by atoms with E-state index in [-0.39, 0.29) is 5.97 Å². The first kappa shape index (κ1) is 9.71. The van der Waals surface area contributed by atoms with Crippen LogP contribution in [0.1, 0.15) is 19.5 Å². The fourth-order valence-corrected chi connectivity index (χ4v) is 1.03. The van der Waals surface area contributed by atoms with Crippen LogP contribution < -0.4 is 0 Å². The van der Waals surface area contributed by atoms with Crippen molar-refractivity contribution in [3.05, 3.63) is 30.1 Å². The summed E-state index contributed by atoms with van der Waals surface area (Å²) in [5.41, 5.74) is -0.0335. The second-order valence-corrected chi connectivity index (χ2v) is 3.27. The molecule has 0 N–H and O–H groups in total. The topological polar surface area (TPSA) is 39.2 Å². The van der Waals surface area contributed by atoms with Crippen molar-refractivity contribution in [2.24, 2.45) is 0 Å². The Labute approximate surface area is 77.8 Å². The number of aromatic nitrogens is 1. The average molecular weight is 178 g/mol. The Kier molecular flexibility index (Phi) is 2.66. The van der Waals surface area contributed by atoms with Gasteiger partial charge in [0.15, 0.2) is 0 Å². The molecular weight excluding hydrogens is 166 g/mol. The predicted octanol–water partition coefficient (Wildman–Crippen LogP) is 1.33. The molecule has 0 aromatic carbocycles. The molecule has 0 aliphatic heterocycles. The zero-order valence-electron chi connectivity index (χ0n) is 8.00. The molecule has 0 amide bonds. The van der Waals surface area contributed by atoms with Crippen LogP contribution in [0.25, 0.3) is 0 Å². The Morgan fingerprint density at radius 2 is 2.31 bits per heavy atom. The van der Waals surface area contributed by atoms with Crippen LogP contribution in [0.15, 0.2) is 18.2 Å². The second kappa shape index (κ2) is 3.56. The SMILES string of the molecule is COC(=O)C(C)(C)c1ccc[c]n1. The van der Waals surface area contributed by atoms with Crippen LogP contribution in [0, 0.1) is 6.20 Å². The van der Waals surface area contributed by atoms with Gasteiger partial charge in [0.25, 0.3) is 0 Å².